The van der Waals surface area contributed by atoms with E-state index in [4.69, 9.17) is 17.3 Å². The summed E-state index contributed by atoms with van der Waals surface area (Å²) >= 11 is 8.03. The van der Waals surface area contributed by atoms with Crippen LogP contribution < -0.4 is 5.73 Å². The first kappa shape index (κ1) is 15.9. The molecule has 2 atom stereocenters. The zero-order valence-corrected chi connectivity index (χ0v) is 13.1. The van der Waals surface area contributed by atoms with Crippen molar-refractivity contribution in [3.05, 3.63) is 34.9 Å². The Kier molecular flexibility index (Phi) is 7.13. The molecule has 3 heteroatoms. The number of nitrogens with two attached hydrogens (primary N) is 1. The summed E-state index contributed by atoms with van der Waals surface area (Å²) in [6.07, 6.45) is 2.23. The molecule has 1 nitrogen and oxygen atoms in total. The SMILES string of the molecule is CCC(N)C(SCCC(C)C)c1cccc(Cl)c1. The van der Waals surface area contributed by atoms with Gasteiger partial charge in [0.05, 0.1) is 0 Å². The molecule has 0 aliphatic carbocycles. The van der Waals surface area contributed by atoms with Gasteiger partial charge in [-0.1, -0.05) is 44.5 Å². The van der Waals surface area contributed by atoms with Crippen LogP contribution in [0.5, 0.6) is 0 Å². The van der Waals surface area contributed by atoms with Crippen LogP contribution in [0.15, 0.2) is 24.3 Å². The van der Waals surface area contributed by atoms with E-state index in [-0.39, 0.29) is 6.04 Å². The molecule has 0 spiro atoms. The highest BCUT2D eigenvalue weighted by Gasteiger charge is 2.19. The van der Waals surface area contributed by atoms with Gasteiger partial charge in [-0.15, -0.1) is 0 Å². The van der Waals surface area contributed by atoms with Gasteiger partial charge in [-0.05, 0) is 42.2 Å². The minimum atomic E-state index is 0.195. The zero-order valence-electron chi connectivity index (χ0n) is 11.5. The minimum absolute atomic E-state index is 0.195. The minimum Gasteiger partial charge on any atom is -0.326 e. The highest BCUT2D eigenvalue weighted by molar-refractivity contribution is 7.99. The van der Waals surface area contributed by atoms with Crippen molar-refractivity contribution in [3.8, 4) is 0 Å². The summed E-state index contributed by atoms with van der Waals surface area (Å²) in [6.45, 7) is 6.66. The van der Waals surface area contributed by atoms with Gasteiger partial charge < -0.3 is 5.73 Å². The Balaban J connectivity index is 2.72. The van der Waals surface area contributed by atoms with Crippen LogP contribution in [-0.2, 0) is 0 Å². The lowest BCUT2D eigenvalue weighted by molar-refractivity contribution is 0.618. The quantitative estimate of drug-likeness (QED) is 0.771. The number of hydrogen-bond donors (Lipinski definition) is 1. The normalized spacial score (nSPS) is 14.8. The van der Waals surface area contributed by atoms with Crippen LogP contribution in [0.4, 0.5) is 0 Å². The summed E-state index contributed by atoms with van der Waals surface area (Å²) in [5, 5.41) is 1.15. The second-order valence-electron chi connectivity index (χ2n) is 5.10. The summed E-state index contributed by atoms with van der Waals surface area (Å²) in [5.74, 6) is 1.90. The average Bonchev–Trinajstić information content (AvgIpc) is 2.33. The van der Waals surface area contributed by atoms with E-state index in [0.29, 0.717) is 5.25 Å². The molecule has 0 bridgehead atoms. The van der Waals surface area contributed by atoms with Crippen molar-refractivity contribution in [1.82, 2.24) is 0 Å². The molecule has 1 rings (SSSR count). The summed E-state index contributed by atoms with van der Waals surface area (Å²) in [4.78, 5) is 0. The van der Waals surface area contributed by atoms with Gasteiger partial charge in [0.25, 0.3) is 0 Å². The largest absolute Gasteiger partial charge is 0.326 e. The molecular formula is C15H24ClNS. The smallest absolute Gasteiger partial charge is 0.0448 e. The average molecular weight is 286 g/mol. The maximum absolute atomic E-state index is 6.25. The fraction of sp³-hybridized carbons (Fsp3) is 0.600. The van der Waals surface area contributed by atoms with Gasteiger partial charge >= 0.3 is 0 Å². The fourth-order valence-corrected chi connectivity index (χ4v) is 3.63. The molecule has 0 saturated heterocycles. The molecule has 0 aliphatic heterocycles. The number of thioether (sulfide) groups is 1. The lowest BCUT2D eigenvalue weighted by atomic mass is 10.0. The molecule has 0 heterocycles. The van der Waals surface area contributed by atoms with Gasteiger partial charge in [-0.25, -0.2) is 0 Å². The van der Waals surface area contributed by atoms with E-state index in [0.717, 1.165) is 23.1 Å². The molecule has 102 valence electrons. The Hall–Kier alpha value is -0.180. The van der Waals surface area contributed by atoms with E-state index in [1.165, 1.54) is 12.0 Å². The van der Waals surface area contributed by atoms with Gasteiger partial charge in [0, 0.05) is 16.3 Å². The second-order valence-corrected chi connectivity index (χ2v) is 6.79. The Labute approximate surface area is 120 Å². The zero-order chi connectivity index (χ0) is 13.5. The van der Waals surface area contributed by atoms with Crippen LogP contribution in [0.1, 0.15) is 44.4 Å². The third-order valence-electron chi connectivity index (χ3n) is 3.03. The molecule has 0 aromatic heterocycles. The molecule has 0 aliphatic rings. The highest BCUT2D eigenvalue weighted by atomic mass is 35.5. The molecule has 0 fully saturated rings. The van der Waals surface area contributed by atoms with Crippen molar-refractivity contribution in [1.29, 1.82) is 0 Å². The first-order valence-electron chi connectivity index (χ1n) is 6.67. The first-order chi connectivity index (χ1) is 8.54. The maximum Gasteiger partial charge on any atom is 0.0448 e. The predicted molar refractivity (Wildman–Crippen MR) is 84.4 cm³/mol. The van der Waals surface area contributed by atoms with Gasteiger partial charge in [-0.3, -0.25) is 0 Å². The molecule has 2 unspecified atom stereocenters. The van der Waals surface area contributed by atoms with Crippen LogP contribution in [0.2, 0.25) is 5.02 Å². The van der Waals surface area contributed by atoms with Gasteiger partial charge in [-0.2, -0.15) is 11.8 Å². The number of benzene rings is 1. The summed E-state index contributed by atoms with van der Waals surface area (Å²) in [6, 6.07) is 8.30. The van der Waals surface area contributed by atoms with Crippen molar-refractivity contribution in [2.24, 2.45) is 11.7 Å². The molecule has 1 aromatic rings. The van der Waals surface area contributed by atoms with Crippen molar-refractivity contribution in [3.63, 3.8) is 0 Å². The highest BCUT2D eigenvalue weighted by Crippen LogP contribution is 2.34. The van der Waals surface area contributed by atoms with Crippen LogP contribution in [-0.4, -0.2) is 11.8 Å². The van der Waals surface area contributed by atoms with Crippen LogP contribution >= 0.6 is 23.4 Å². The van der Waals surface area contributed by atoms with Crippen molar-refractivity contribution >= 4 is 23.4 Å². The van der Waals surface area contributed by atoms with Crippen molar-refractivity contribution < 1.29 is 0 Å². The summed E-state index contributed by atoms with van der Waals surface area (Å²) in [7, 11) is 0. The first-order valence-corrected chi connectivity index (χ1v) is 8.10. The lowest BCUT2D eigenvalue weighted by Gasteiger charge is -2.23. The molecule has 18 heavy (non-hydrogen) atoms. The molecule has 0 radical (unpaired) electrons. The van der Waals surface area contributed by atoms with E-state index >= 15 is 0 Å². The number of rotatable bonds is 7. The van der Waals surface area contributed by atoms with Gasteiger partial charge in [0.1, 0.15) is 0 Å². The van der Waals surface area contributed by atoms with Crippen molar-refractivity contribution in [2.75, 3.05) is 5.75 Å². The third kappa shape index (κ3) is 5.21. The molecular weight excluding hydrogens is 262 g/mol. The molecule has 0 amide bonds. The molecule has 0 saturated carbocycles. The predicted octanol–water partition coefficient (Wildman–Crippen LogP) is 4.90. The van der Waals surface area contributed by atoms with Gasteiger partial charge in [0.2, 0.25) is 0 Å². The Morgan fingerprint density at radius 3 is 2.61 bits per heavy atom. The summed E-state index contributed by atoms with van der Waals surface area (Å²) < 4.78 is 0. The monoisotopic (exact) mass is 285 g/mol. The van der Waals surface area contributed by atoms with Crippen molar-refractivity contribution in [2.45, 2.75) is 44.9 Å². The lowest BCUT2D eigenvalue weighted by Crippen LogP contribution is -2.26. The Bertz CT molecular complexity index is 354. The van der Waals surface area contributed by atoms with Crippen LogP contribution in [0, 0.1) is 5.92 Å². The van der Waals surface area contributed by atoms with E-state index < -0.39 is 0 Å². The van der Waals surface area contributed by atoms with Crippen LogP contribution in [0.3, 0.4) is 0 Å². The Morgan fingerprint density at radius 2 is 2.06 bits per heavy atom. The third-order valence-corrected chi connectivity index (χ3v) is 4.72. The fourth-order valence-electron chi connectivity index (χ4n) is 1.80. The topological polar surface area (TPSA) is 26.0 Å². The van der Waals surface area contributed by atoms with E-state index in [9.17, 15) is 0 Å². The second kappa shape index (κ2) is 8.08. The van der Waals surface area contributed by atoms with E-state index in [1.54, 1.807) is 0 Å². The van der Waals surface area contributed by atoms with Gasteiger partial charge in [0.15, 0.2) is 0 Å². The van der Waals surface area contributed by atoms with E-state index in [1.807, 2.05) is 30.0 Å². The van der Waals surface area contributed by atoms with Crippen LogP contribution in [0.25, 0.3) is 0 Å². The maximum atomic E-state index is 6.25. The standard InChI is InChI=1S/C15H24ClNS/c1-4-14(17)15(18-9-8-11(2)3)12-6-5-7-13(16)10-12/h5-7,10-11,14-15H,4,8-9,17H2,1-3H3. The molecule has 1 aromatic carbocycles. The summed E-state index contributed by atoms with van der Waals surface area (Å²) in [5.41, 5.74) is 7.51. The number of halogens is 1. The molecule has 2 N–H and O–H groups in total. The van der Waals surface area contributed by atoms with E-state index in [2.05, 4.69) is 26.8 Å². The number of hydrogen-bond acceptors (Lipinski definition) is 2. The Morgan fingerprint density at radius 1 is 1.33 bits per heavy atom.